The van der Waals surface area contributed by atoms with E-state index in [4.69, 9.17) is 5.73 Å². The topological polar surface area (TPSA) is 26.0 Å². The molecular weight excluding hydrogens is 98.1 g/mol. The van der Waals surface area contributed by atoms with Crippen molar-refractivity contribution in [2.24, 2.45) is 5.73 Å². The predicted octanol–water partition coefficient (Wildman–Crippen LogP) is 1.22. The van der Waals surface area contributed by atoms with Gasteiger partial charge in [-0.3, -0.25) is 0 Å². The first-order valence-electron chi connectivity index (χ1n) is 2.97. The third-order valence-corrected chi connectivity index (χ3v) is 1.47. The highest BCUT2D eigenvalue weighted by molar-refractivity contribution is 5.29. The van der Waals surface area contributed by atoms with E-state index >= 15 is 0 Å². The summed E-state index contributed by atoms with van der Waals surface area (Å²) in [6.07, 6.45) is 7.20. The maximum atomic E-state index is 5.63. The van der Waals surface area contributed by atoms with E-state index in [2.05, 4.69) is 13.0 Å². The van der Waals surface area contributed by atoms with Gasteiger partial charge in [0.1, 0.15) is 0 Å². The van der Waals surface area contributed by atoms with Crippen LogP contribution in [0.4, 0.5) is 0 Å². The molecule has 0 heterocycles. The number of rotatable bonds is 1. The number of allylic oxidation sites excluding steroid dienone is 2. The molecule has 1 rings (SSSR count). The molecule has 0 saturated heterocycles. The average molecular weight is 109 g/mol. The molecule has 1 nitrogen and oxygen atoms in total. The molecule has 0 saturated carbocycles. The third-order valence-electron chi connectivity index (χ3n) is 1.47. The Balaban J connectivity index is 2.59. The molecule has 0 aliphatic heterocycles. The van der Waals surface area contributed by atoms with Crippen molar-refractivity contribution in [3.63, 3.8) is 0 Å². The van der Waals surface area contributed by atoms with Crippen LogP contribution in [-0.2, 0) is 0 Å². The fourth-order valence-electron chi connectivity index (χ4n) is 0.887. The van der Waals surface area contributed by atoms with Crippen LogP contribution in [0.3, 0.4) is 0 Å². The second-order valence-electron chi connectivity index (χ2n) is 2.01. The predicted molar refractivity (Wildman–Crippen MR) is 35.5 cm³/mol. The largest absolute Gasteiger partial charge is 0.321 e. The molecule has 0 aromatic carbocycles. The van der Waals surface area contributed by atoms with E-state index in [0.717, 1.165) is 6.42 Å². The van der Waals surface area contributed by atoms with Crippen LogP contribution >= 0.6 is 0 Å². The van der Waals surface area contributed by atoms with Gasteiger partial charge < -0.3 is 5.73 Å². The minimum Gasteiger partial charge on any atom is -0.321 e. The third kappa shape index (κ3) is 0.819. The fourth-order valence-corrected chi connectivity index (χ4v) is 0.887. The second kappa shape index (κ2) is 2.14. The summed E-state index contributed by atoms with van der Waals surface area (Å²) in [5.74, 6) is 0. The van der Waals surface area contributed by atoms with Crippen LogP contribution in [0.15, 0.2) is 23.8 Å². The molecule has 0 bridgehead atoms. The van der Waals surface area contributed by atoms with Gasteiger partial charge in [-0.1, -0.05) is 25.2 Å². The summed E-state index contributed by atoms with van der Waals surface area (Å²) in [5, 5.41) is 0. The minimum atomic E-state index is 0.208. The Morgan fingerprint density at radius 2 is 2.50 bits per heavy atom. The van der Waals surface area contributed by atoms with E-state index in [1.165, 1.54) is 5.57 Å². The fraction of sp³-hybridized carbons (Fsp3) is 0.429. The number of hydrogen-bond acceptors (Lipinski definition) is 1. The molecule has 0 aromatic rings. The zero-order chi connectivity index (χ0) is 5.98. The van der Waals surface area contributed by atoms with Gasteiger partial charge in [0.05, 0.1) is 0 Å². The summed E-state index contributed by atoms with van der Waals surface area (Å²) in [6, 6.07) is 0.208. The van der Waals surface area contributed by atoms with E-state index in [-0.39, 0.29) is 6.04 Å². The molecule has 0 radical (unpaired) electrons. The first-order valence-corrected chi connectivity index (χ1v) is 2.97. The quantitative estimate of drug-likeness (QED) is 0.538. The molecule has 0 fully saturated rings. The van der Waals surface area contributed by atoms with Crippen molar-refractivity contribution in [3.05, 3.63) is 23.8 Å². The van der Waals surface area contributed by atoms with Crippen LogP contribution < -0.4 is 5.73 Å². The van der Waals surface area contributed by atoms with Crippen molar-refractivity contribution >= 4 is 0 Å². The van der Waals surface area contributed by atoms with Crippen molar-refractivity contribution < 1.29 is 0 Å². The van der Waals surface area contributed by atoms with Gasteiger partial charge in [-0.25, -0.2) is 0 Å². The lowest BCUT2D eigenvalue weighted by molar-refractivity contribution is 0.900. The van der Waals surface area contributed by atoms with Gasteiger partial charge in [0.2, 0.25) is 0 Å². The Bertz CT molecular complexity index is 133. The minimum absolute atomic E-state index is 0.208. The highest BCUT2D eigenvalue weighted by Crippen LogP contribution is 2.11. The molecule has 0 spiro atoms. The molecule has 2 N–H and O–H groups in total. The van der Waals surface area contributed by atoms with Gasteiger partial charge in [-0.15, -0.1) is 0 Å². The van der Waals surface area contributed by atoms with Crippen LogP contribution in [0.2, 0.25) is 0 Å². The zero-order valence-corrected chi connectivity index (χ0v) is 5.09. The van der Waals surface area contributed by atoms with Crippen molar-refractivity contribution in [3.8, 4) is 0 Å². The van der Waals surface area contributed by atoms with Crippen LogP contribution in [0, 0.1) is 0 Å². The Morgan fingerprint density at radius 1 is 1.75 bits per heavy atom. The summed E-state index contributed by atoms with van der Waals surface area (Å²) in [6.45, 7) is 2.12. The van der Waals surface area contributed by atoms with Gasteiger partial charge in [-0.2, -0.15) is 0 Å². The maximum absolute atomic E-state index is 5.63. The molecular formula is C7H11N. The molecule has 1 aliphatic carbocycles. The monoisotopic (exact) mass is 109 g/mol. The van der Waals surface area contributed by atoms with Crippen LogP contribution in [0.25, 0.3) is 0 Å². The first-order chi connectivity index (χ1) is 3.84. The highest BCUT2D eigenvalue weighted by Gasteiger charge is 2.05. The van der Waals surface area contributed by atoms with Crippen LogP contribution in [-0.4, -0.2) is 6.04 Å². The van der Waals surface area contributed by atoms with Crippen LogP contribution in [0.5, 0.6) is 0 Å². The average Bonchev–Trinajstić information content (AvgIpc) is 2.14. The van der Waals surface area contributed by atoms with Crippen molar-refractivity contribution in [1.82, 2.24) is 0 Å². The number of hydrogen-bond donors (Lipinski definition) is 1. The highest BCUT2D eigenvalue weighted by atomic mass is 14.6. The molecule has 1 atom stereocenters. The lowest BCUT2D eigenvalue weighted by Crippen LogP contribution is -2.16. The molecule has 0 amide bonds. The number of nitrogens with two attached hydrogens (primary N) is 1. The lowest BCUT2D eigenvalue weighted by Gasteiger charge is -2.02. The van der Waals surface area contributed by atoms with E-state index in [1.807, 2.05) is 12.2 Å². The molecule has 0 aromatic heterocycles. The SMILES string of the molecule is CCC1=CC=CC1N. The zero-order valence-electron chi connectivity index (χ0n) is 5.09. The van der Waals surface area contributed by atoms with Gasteiger partial charge in [0.25, 0.3) is 0 Å². The van der Waals surface area contributed by atoms with Gasteiger partial charge in [0.15, 0.2) is 0 Å². The van der Waals surface area contributed by atoms with Gasteiger partial charge >= 0.3 is 0 Å². The summed E-state index contributed by atoms with van der Waals surface area (Å²) in [5.41, 5.74) is 6.97. The van der Waals surface area contributed by atoms with Crippen molar-refractivity contribution in [2.75, 3.05) is 0 Å². The molecule has 1 unspecified atom stereocenters. The second-order valence-corrected chi connectivity index (χ2v) is 2.01. The van der Waals surface area contributed by atoms with E-state index in [0.29, 0.717) is 0 Å². The Kier molecular flexibility index (Phi) is 1.49. The summed E-state index contributed by atoms with van der Waals surface area (Å²) >= 11 is 0. The normalized spacial score (nSPS) is 26.2. The lowest BCUT2D eigenvalue weighted by atomic mass is 10.1. The smallest absolute Gasteiger partial charge is 0.0446 e. The molecule has 1 aliphatic rings. The molecule has 44 valence electrons. The standard InChI is InChI=1S/C7H11N/c1-2-6-4-3-5-7(6)8/h3-5,7H,2,8H2,1H3. The van der Waals surface area contributed by atoms with E-state index in [9.17, 15) is 0 Å². The van der Waals surface area contributed by atoms with Crippen molar-refractivity contribution in [1.29, 1.82) is 0 Å². The van der Waals surface area contributed by atoms with Crippen molar-refractivity contribution in [2.45, 2.75) is 19.4 Å². The summed E-state index contributed by atoms with van der Waals surface area (Å²) < 4.78 is 0. The summed E-state index contributed by atoms with van der Waals surface area (Å²) in [7, 11) is 0. The Morgan fingerprint density at radius 3 is 2.75 bits per heavy atom. The first kappa shape index (κ1) is 5.57. The van der Waals surface area contributed by atoms with E-state index in [1.54, 1.807) is 0 Å². The van der Waals surface area contributed by atoms with Crippen LogP contribution in [0.1, 0.15) is 13.3 Å². The molecule has 1 heteroatoms. The maximum Gasteiger partial charge on any atom is 0.0446 e. The van der Waals surface area contributed by atoms with E-state index < -0.39 is 0 Å². The van der Waals surface area contributed by atoms with Gasteiger partial charge in [-0.05, 0) is 12.0 Å². The Hall–Kier alpha value is -0.560. The summed E-state index contributed by atoms with van der Waals surface area (Å²) in [4.78, 5) is 0. The van der Waals surface area contributed by atoms with Gasteiger partial charge in [0, 0.05) is 6.04 Å². The molecule has 8 heavy (non-hydrogen) atoms. The Labute approximate surface area is 49.9 Å².